The third kappa shape index (κ3) is 5930. The first-order valence-corrected chi connectivity index (χ1v) is 5.56. The molecule has 0 N–H and O–H groups in total. The van der Waals surface area contributed by atoms with Crippen molar-refractivity contribution in [3.8, 4) is 0 Å². The number of halogens is 1. The molecule has 18 heavy (non-hydrogen) atoms. The van der Waals surface area contributed by atoms with E-state index >= 15 is 0 Å². The molecule has 0 bridgehead atoms. The molecule has 0 atom stereocenters. The Bertz CT molecular complexity index is 67.1. The summed E-state index contributed by atoms with van der Waals surface area (Å²) in [6.45, 7) is 12.9. The van der Waals surface area contributed by atoms with E-state index in [-0.39, 0.29) is 34.1 Å². The summed E-state index contributed by atoms with van der Waals surface area (Å²) in [7, 11) is 0. The van der Waals surface area contributed by atoms with Gasteiger partial charge in [0.1, 0.15) is 0 Å². The maximum Gasteiger partial charge on any atom is 4.00 e. The predicted octanol–water partition coefficient (Wildman–Crippen LogP) is -0.560. The van der Waals surface area contributed by atoms with Gasteiger partial charge in [-0.2, -0.15) is 0 Å². The Morgan fingerprint density at radius 2 is 0.444 bits per heavy atom. The van der Waals surface area contributed by atoms with E-state index in [0.29, 0.717) is 0 Å². The van der Waals surface area contributed by atoms with Gasteiger partial charge in [0.05, 0.1) is 0 Å². The standard InChI is InChI=1S/4C3H7O.ClH.Ti/c4*1-3(2)4;;/h4*3H,1-2H3;1H;/q4*-1;;+4. The topological polar surface area (TPSA) is 92.2 Å². The molecule has 0 radical (unpaired) electrons. The van der Waals surface area contributed by atoms with Gasteiger partial charge in [-0.25, -0.2) is 0 Å². The molecule has 0 aromatic heterocycles. The first-order chi connectivity index (χ1) is 6.93. The Hall–Kier alpha value is 0.844. The van der Waals surface area contributed by atoms with Crippen LogP contribution < -0.4 is 20.4 Å². The molecule has 0 aromatic carbocycles. The normalized spacial score (nSPS) is 8.00. The van der Waals surface area contributed by atoms with E-state index in [2.05, 4.69) is 0 Å². The molecule has 0 aliphatic rings. The van der Waals surface area contributed by atoms with Crippen molar-refractivity contribution in [3.63, 3.8) is 0 Å². The van der Waals surface area contributed by atoms with Crippen LogP contribution in [0.15, 0.2) is 0 Å². The summed E-state index contributed by atoms with van der Waals surface area (Å²) in [6, 6.07) is 0. The van der Waals surface area contributed by atoms with Crippen LogP contribution in [0.2, 0.25) is 0 Å². The van der Waals surface area contributed by atoms with Crippen molar-refractivity contribution >= 4 is 12.4 Å². The first-order valence-electron chi connectivity index (χ1n) is 5.56. The van der Waals surface area contributed by atoms with E-state index in [1.165, 1.54) is 0 Å². The summed E-state index contributed by atoms with van der Waals surface area (Å²) >= 11 is 0. The van der Waals surface area contributed by atoms with Crippen molar-refractivity contribution in [1.29, 1.82) is 0 Å². The van der Waals surface area contributed by atoms with Crippen molar-refractivity contribution in [2.24, 2.45) is 0 Å². The van der Waals surface area contributed by atoms with E-state index in [0.717, 1.165) is 0 Å². The van der Waals surface area contributed by atoms with Crippen LogP contribution in [0.1, 0.15) is 55.4 Å². The third-order valence-corrected chi connectivity index (χ3v) is 0. The average molecular weight is 321 g/mol. The minimum Gasteiger partial charge on any atom is -0.852 e. The Balaban J connectivity index is -0.0000000257. The zero-order chi connectivity index (χ0) is 14.3. The van der Waals surface area contributed by atoms with Gasteiger partial charge in [-0.1, -0.05) is 55.4 Å². The van der Waals surface area contributed by atoms with Crippen LogP contribution in [0.3, 0.4) is 0 Å². The van der Waals surface area contributed by atoms with Gasteiger partial charge < -0.3 is 20.4 Å². The van der Waals surface area contributed by atoms with Gasteiger partial charge in [-0.15, -0.1) is 36.8 Å². The maximum atomic E-state index is 9.53. The van der Waals surface area contributed by atoms with Gasteiger partial charge in [0.25, 0.3) is 0 Å². The summed E-state index contributed by atoms with van der Waals surface area (Å²) in [5.74, 6) is 0. The summed E-state index contributed by atoms with van der Waals surface area (Å²) in [6.07, 6.45) is -1.67. The molecule has 0 spiro atoms. The molecule has 0 aliphatic heterocycles. The molecule has 0 fully saturated rings. The van der Waals surface area contributed by atoms with Crippen molar-refractivity contribution in [3.05, 3.63) is 0 Å². The number of hydrogen-bond donors (Lipinski definition) is 0. The van der Waals surface area contributed by atoms with Crippen molar-refractivity contribution in [1.82, 2.24) is 0 Å². The quantitative estimate of drug-likeness (QED) is 0.559. The molecule has 6 heteroatoms. The molecule has 0 saturated carbocycles. The van der Waals surface area contributed by atoms with Crippen LogP contribution in [-0.2, 0) is 21.7 Å². The molecule has 4 nitrogen and oxygen atoms in total. The largest absolute Gasteiger partial charge is 4.00 e. The molecule has 0 heterocycles. The minimum absolute atomic E-state index is 0. The van der Waals surface area contributed by atoms with E-state index in [1.54, 1.807) is 55.4 Å². The maximum absolute atomic E-state index is 9.53. The van der Waals surface area contributed by atoms with Crippen molar-refractivity contribution in [2.75, 3.05) is 0 Å². The van der Waals surface area contributed by atoms with Crippen LogP contribution in [0, 0.1) is 0 Å². The Kier molecular flexibility index (Phi) is 62.0. The second-order valence-electron chi connectivity index (χ2n) is 4.20. The molecular weight excluding hydrogens is 291 g/mol. The second kappa shape index (κ2) is 30.7. The first kappa shape index (κ1) is 36.4. The number of hydrogen-bond acceptors (Lipinski definition) is 4. The fourth-order valence-corrected chi connectivity index (χ4v) is 0. The fourth-order valence-electron chi connectivity index (χ4n) is 0. The molecular formula is C12H29ClO4Ti. The molecule has 0 aliphatic carbocycles. The molecule has 0 aromatic rings. The minimum atomic E-state index is -0.417. The summed E-state index contributed by atoms with van der Waals surface area (Å²) in [4.78, 5) is 0. The fraction of sp³-hybridized carbons (Fsp3) is 1.00. The van der Waals surface area contributed by atoms with Crippen molar-refractivity contribution < 1.29 is 42.1 Å². The SMILES string of the molecule is CC(C)[O-].CC(C)[O-].CC(C)[O-].CC(C)[O-].Cl.[Ti+4]. The van der Waals surface area contributed by atoms with Crippen LogP contribution >= 0.6 is 12.4 Å². The van der Waals surface area contributed by atoms with E-state index in [9.17, 15) is 20.4 Å². The van der Waals surface area contributed by atoms with Crippen LogP contribution in [0.4, 0.5) is 0 Å². The van der Waals surface area contributed by atoms with E-state index < -0.39 is 24.4 Å². The number of rotatable bonds is 0. The molecule has 0 amide bonds. The van der Waals surface area contributed by atoms with Gasteiger partial charge in [0.15, 0.2) is 0 Å². The van der Waals surface area contributed by atoms with Crippen LogP contribution in [0.25, 0.3) is 0 Å². The Morgan fingerprint density at radius 1 is 0.444 bits per heavy atom. The van der Waals surface area contributed by atoms with Gasteiger partial charge in [-0.3, -0.25) is 0 Å². The molecule has 112 valence electrons. The molecule has 0 saturated heterocycles. The second-order valence-corrected chi connectivity index (χ2v) is 4.20. The van der Waals surface area contributed by atoms with Crippen LogP contribution in [0.5, 0.6) is 0 Å². The molecule has 0 rings (SSSR count). The molecule has 0 unspecified atom stereocenters. The van der Waals surface area contributed by atoms with Gasteiger partial charge in [0, 0.05) is 0 Å². The zero-order valence-electron chi connectivity index (χ0n) is 12.9. The predicted molar refractivity (Wildman–Crippen MR) is 67.8 cm³/mol. The van der Waals surface area contributed by atoms with Crippen LogP contribution in [-0.4, -0.2) is 24.4 Å². The van der Waals surface area contributed by atoms with Gasteiger partial charge in [0.2, 0.25) is 0 Å². The Labute approximate surface area is 134 Å². The summed E-state index contributed by atoms with van der Waals surface area (Å²) in [5.41, 5.74) is 0. The van der Waals surface area contributed by atoms with E-state index in [4.69, 9.17) is 0 Å². The zero-order valence-corrected chi connectivity index (χ0v) is 15.2. The monoisotopic (exact) mass is 320 g/mol. The van der Waals surface area contributed by atoms with Gasteiger partial charge in [-0.05, 0) is 0 Å². The van der Waals surface area contributed by atoms with Gasteiger partial charge >= 0.3 is 21.7 Å². The van der Waals surface area contributed by atoms with E-state index in [1.807, 2.05) is 0 Å². The third-order valence-electron chi connectivity index (χ3n) is 0. The Morgan fingerprint density at radius 3 is 0.444 bits per heavy atom. The average Bonchev–Trinajstić information content (AvgIpc) is 1.76. The summed E-state index contributed by atoms with van der Waals surface area (Å²) < 4.78 is 0. The smallest absolute Gasteiger partial charge is 0.852 e. The van der Waals surface area contributed by atoms with Crippen molar-refractivity contribution in [2.45, 2.75) is 79.8 Å². The summed E-state index contributed by atoms with van der Waals surface area (Å²) in [5, 5.41) is 38.1.